The Morgan fingerprint density at radius 2 is 1.90 bits per heavy atom. The van der Waals surface area contributed by atoms with Gasteiger partial charge >= 0.3 is 0 Å². The summed E-state index contributed by atoms with van der Waals surface area (Å²) >= 11 is 1.41. The first kappa shape index (κ1) is 14.9. The van der Waals surface area contributed by atoms with Crippen molar-refractivity contribution in [3.8, 4) is 0 Å². The molecule has 1 aromatic carbocycles. The lowest BCUT2D eigenvalue weighted by Gasteiger charge is -2.11. The molecule has 108 valence electrons. The van der Waals surface area contributed by atoms with Gasteiger partial charge in [-0.25, -0.2) is 13.6 Å². The zero-order valence-corrected chi connectivity index (χ0v) is 13.0. The largest absolute Gasteiger partial charge is 0.399 e. The predicted octanol–water partition coefficient (Wildman–Crippen LogP) is 1.42. The van der Waals surface area contributed by atoms with Crippen molar-refractivity contribution in [1.29, 1.82) is 0 Å². The van der Waals surface area contributed by atoms with Crippen LogP contribution in [0.25, 0.3) is 0 Å². The normalized spacial score (nSPS) is 11.8. The number of rotatable bonds is 3. The van der Waals surface area contributed by atoms with Crippen LogP contribution in [0.1, 0.15) is 11.3 Å². The number of aryl methyl sites for hydroxylation is 2. The SMILES string of the molecule is Cc1cc(Sc2cc(N)cc(S(N)(=O)=O)c2C)n(C)n1. The van der Waals surface area contributed by atoms with E-state index in [1.165, 1.54) is 17.8 Å². The molecule has 1 heterocycles. The van der Waals surface area contributed by atoms with Gasteiger partial charge in [0.1, 0.15) is 0 Å². The summed E-state index contributed by atoms with van der Waals surface area (Å²) in [4.78, 5) is 0.802. The van der Waals surface area contributed by atoms with Gasteiger partial charge in [0, 0.05) is 17.6 Å². The third kappa shape index (κ3) is 2.97. The molecule has 2 rings (SSSR count). The van der Waals surface area contributed by atoms with E-state index in [-0.39, 0.29) is 4.90 Å². The Kier molecular flexibility index (Phi) is 3.81. The highest BCUT2D eigenvalue weighted by Gasteiger charge is 2.17. The zero-order chi connectivity index (χ0) is 15.1. The average molecular weight is 312 g/mol. The van der Waals surface area contributed by atoms with Crippen molar-refractivity contribution in [2.75, 3.05) is 5.73 Å². The van der Waals surface area contributed by atoms with Crippen LogP contribution < -0.4 is 10.9 Å². The molecule has 1 aromatic heterocycles. The molecule has 0 spiro atoms. The van der Waals surface area contributed by atoms with Gasteiger partial charge in [-0.15, -0.1) is 0 Å². The van der Waals surface area contributed by atoms with Crippen molar-refractivity contribution in [2.45, 2.75) is 28.7 Å². The van der Waals surface area contributed by atoms with Gasteiger partial charge in [-0.1, -0.05) is 11.8 Å². The molecule has 0 saturated carbocycles. The lowest BCUT2D eigenvalue weighted by molar-refractivity contribution is 0.597. The smallest absolute Gasteiger partial charge is 0.238 e. The Morgan fingerprint density at radius 1 is 1.25 bits per heavy atom. The second kappa shape index (κ2) is 5.12. The molecule has 0 unspecified atom stereocenters. The summed E-state index contributed by atoms with van der Waals surface area (Å²) in [5.74, 6) is 0. The standard InChI is InChI=1S/C12H16N4O2S2/c1-7-4-12(16(3)15-7)19-10-5-9(13)6-11(8(10)2)20(14,17)18/h4-6H,13H2,1-3H3,(H2,14,17,18). The van der Waals surface area contributed by atoms with Gasteiger partial charge in [-0.3, -0.25) is 4.68 Å². The van der Waals surface area contributed by atoms with Crippen molar-refractivity contribution in [3.05, 3.63) is 29.5 Å². The van der Waals surface area contributed by atoms with Gasteiger partial charge in [0.2, 0.25) is 10.0 Å². The second-order valence-corrected chi connectivity index (χ2v) is 7.13. The van der Waals surface area contributed by atoms with E-state index in [0.717, 1.165) is 15.6 Å². The topological polar surface area (TPSA) is 104 Å². The molecular formula is C12H16N4O2S2. The summed E-state index contributed by atoms with van der Waals surface area (Å²) in [6.45, 7) is 3.61. The van der Waals surface area contributed by atoms with Crippen LogP contribution in [-0.2, 0) is 17.1 Å². The lowest BCUT2D eigenvalue weighted by Crippen LogP contribution is -2.14. The van der Waals surface area contributed by atoms with Crippen molar-refractivity contribution in [2.24, 2.45) is 12.2 Å². The van der Waals surface area contributed by atoms with Crippen molar-refractivity contribution < 1.29 is 8.42 Å². The summed E-state index contributed by atoms with van der Waals surface area (Å²) < 4.78 is 24.9. The minimum atomic E-state index is -3.79. The molecule has 0 bridgehead atoms. The Bertz CT molecular complexity index is 766. The van der Waals surface area contributed by atoms with E-state index >= 15 is 0 Å². The van der Waals surface area contributed by atoms with Crippen LogP contribution in [0.3, 0.4) is 0 Å². The van der Waals surface area contributed by atoms with E-state index in [1.54, 1.807) is 17.7 Å². The molecule has 4 N–H and O–H groups in total. The van der Waals surface area contributed by atoms with Gasteiger partial charge < -0.3 is 5.73 Å². The molecule has 8 heteroatoms. The number of nitrogens with zero attached hydrogens (tertiary/aromatic N) is 2. The van der Waals surface area contributed by atoms with Crippen molar-refractivity contribution >= 4 is 27.5 Å². The fourth-order valence-electron chi connectivity index (χ4n) is 1.88. The molecule has 0 aliphatic heterocycles. The van der Waals surface area contributed by atoms with Crippen LogP contribution in [0, 0.1) is 13.8 Å². The molecule has 0 saturated heterocycles. The Labute approximate surface area is 122 Å². The number of anilines is 1. The number of nitrogen functional groups attached to an aromatic ring is 1. The third-order valence-corrected chi connectivity index (χ3v) is 5.09. The predicted molar refractivity (Wildman–Crippen MR) is 79.0 cm³/mol. The summed E-state index contributed by atoms with van der Waals surface area (Å²) in [6, 6.07) is 5.03. The van der Waals surface area contributed by atoms with Gasteiger partial charge in [0.15, 0.2) is 0 Å². The van der Waals surface area contributed by atoms with Gasteiger partial charge in [-0.2, -0.15) is 5.10 Å². The number of nitrogens with two attached hydrogens (primary N) is 2. The highest BCUT2D eigenvalue weighted by Crippen LogP contribution is 2.34. The Hall–Kier alpha value is -1.51. The van der Waals surface area contributed by atoms with Crippen LogP contribution in [-0.4, -0.2) is 18.2 Å². The number of hydrogen-bond donors (Lipinski definition) is 2. The molecule has 0 amide bonds. The molecule has 20 heavy (non-hydrogen) atoms. The first-order valence-corrected chi connectivity index (χ1v) is 8.16. The highest BCUT2D eigenvalue weighted by atomic mass is 32.2. The number of aromatic nitrogens is 2. The number of sulfonamides is 1. The fraction of sp³-hybridized carbons (Fsp3) is 0.250. The maximum atomic E-state index is 11.6. The summed E-state index contributed by atoms with van der Waals surface area (Å²) in [5.41, 5.74) is 7.61. The van der Waals surface area contributed by atoms with E-state index in [9.17, 15) is 8.42 Å². The summed E-state index contributed by atoms with van der Waals surface area (Å²) in [7, 11) is -1.96. The number of benzene rings is 1. The molecule has 2 aromatic rings. The molecule has 6 nitrogen and oxygen atoms in total. The second-order valence-electron chi connectivity index (χ2n) is 4.54. The van der Waals surface area contributed by atoms with Crippen LogP contribution in [0.15, 0.2) is 33.0 Å². The van der Waals surface area contributed by atoms with Gasteiger partial charge in [-0.05, 0) is 37.6 Å². The molecule has 0 aliphatic carbocycles. The van der Waals surface area contributed by atoms with E-state index in [0.29, 0.717) is 11.3 Å². The first-order valence-electron chi connectivity index (χ1n) is 5.80. The zero-order valence-electron chi connectivity index (χ0n) is 11.4. The van der Waals surface area contributed by atoms with Crippen LogP contribution in [0.4, 0.5) is 5.69 Å². The van der Waals surface area contributed by atoms with Gasteiger partial charge in [0.25, 0.3) is 0 Å². The molecule has 0 radical (unpaired) electrons. The first-order chi connectivity index (χ1) is 9.18. The quantitative estimate of drug-likeness (QED) is 0.834. The number of primary sulfonamides is 1. The van der Waals surface area contributed by atoms with Crippen LogP contribution in [0.5, 0.6) is 0 Å². The highest BCUT2D eigenvalue weighted by molar-refractivity contribution is 7.99. The van der Waals surface area contributed by atoms with E-state index in [2.05, 4.69) is 5.10 Å². The maximum absolute atomic E-state index is 11.6. The fourth-order valence-corrected chi connectivity index (χ4v) is 3.87. The number of hydrogen-bond acceptors (Lipinski definition) is 5. The Morgan fingerprint density at radius 3 is 2.40 bits per heavy atom. The Balaban J connectivity index is 2.53. The molecule has 0 fully saturated rings. The van der Waals surface area contributed by atoms with Crippen molar-refractivity contribution in [1.82, 2.24) is 9.78 Å². The molecular weight excluding hydrogens is 296 g/mol. The average Bonchev–Trinajstić information content (AvgIpc) is 2.60. The minimum absolute atomic E-state index is 0.0545. The monoisotopic (exact) mass is 312 g/mol. The van der Waals surface area contributed by atoms with Crippen molar-refractivity contribution in [3.63, 3.8) is 0 Å². The molecule has 0 atom stereocenters. The summed E-state index contributed by atoms with van der Waals surface area (Å²) in [6.07, 6.45) is 0. The van der Waals surface area contributed by atoms with Crippen LogP contribution in [0.2, 0.25) is 0 Å². The van der Waals surface area contributed by atoms with E-state index in [4.69, 9.17) is 10.9 Å². The summed E-state index contributed by atoms with van der Waals surface area (Å²) in [5, 5.41) is 10.4. The lowest BCUT2D eigenvalue weighted by atomic mass is 10.2. The minimum Gasteiger partial charge on any atom is -0.399 e. The van der Waals surface area contributed by atoms with Gasteiger partial charge in [0.05, 0.1) is 15.6 Å². The molecule has 0 aliphatic rings. The van der Waals surface area contributed by atoms with E-state index < -0.39 is 10.0 Å². The maximum Gasteiger partial charge on any atom is 0.238 e. The van der Waals surface area contributed by atoms with Crippen LogP contribution >= 0.6 is 11.8 Å². The van der Waals surface area contributed by atoms with E-state index in [1.807, 2.05) is 20.0 Å². The third-order valence-electron chi connectivity index (χ3n) is 2.81.